The van der Waals surface area contributed by atoms with Gasteiger partial charge in [-0.15, -0.1) is 0 Å². The van der Waals surface area contributed by atoms with Crippen LogP contribution in [0.15, 0.2) is 30.6 Å². The van der Waals surface area contributed by atoms with Crippen molar-refractivity contribution in [3.8, 4) is 22.9 Å². The van der Waals surface area contributed by atoms with E-state index in [1.807, 2.05) is 6.92 Å². The predicted molar refractivity (Wildman–Crippen MR) is 65.3 cm³/mol. The van der Waals surface area contributed by atoms with Crippen LogP contribution in [0, 0.1) is 0 Å². The van der Waals surface area contributed by atoms with Gasteiger partial charge in [0.1, 0.15) is 0 Å². The summed E-state index contributed by atoms with van der Waals surface area (Å²) in [6.07, 6.45) is 3.23. The first-order chi connectivity index (χ1) is 8.24. The van der Waals surface area contributed by atoms with E-state index in [1.165, 1.54) is 0 Å². The van der Waals surface area contributed by atoms with Crippen LogP contribution in [0.1, 0.15) is 6.92 Å². The number of phenols is 1. The largest absolute Gasteiger partial charge is 0.503 e. The fourth-order valence-electron chi connectivity index (χ4n) is 1.43. The van der Waals surface area contributed by atoms with Crippen molar-refractivity contribution in [2.45, 2.75) is 6.92 Å². The molecule has 5 heteroatoms. The number of aromatic hydroxyl groups is 1. The molecule has 0 saturated heterocycles. The number of halogens is 1. The normalized spacial score (nSPS) is 10.2. The summed E-state index contributed by atoms with van der Waals surface area (Å²) in [5.41, 5.74) is 0.577. The highest BCUT2D eigenvalue weighted by atomic mass is 35.5. The van der Waals surface area contributed by atoms with E-state index in [0.717, 1.165) is 0 Å². The Balaban J connectivity index is 2.48. The van der Waals surface area contributed by atoms with Crippen molar-refractivity contribution in [1.29, 1.82) is 0 Å². The highest BCUT2D eigenvalue weighted by Gasteiger charge is 2.14. The van der Waals surface area contributed by atoms with Crippen molar-refractivity contribution in [1.82, 2.24) is 9.97 Å². The van der Waals surface area contributed by atoms with Crippen LogP contribution in [0.25, 0.3) is 11.4 Å². The molecule has 0 bridgehead atoms. The summed E-state index contributed by atoms with van der Waals surface area (Å²) >= 11 is 6.06. The molecule has 1 heterocycles. The summed E-state index contributed by atoms with van der Waals surface area (Å²) in [5.74, 6) is 0.742. The van der Waals surface area contributed by atoms with Crippen LogP contribution in [-0.4, -0.2) is 21.7 Å². The first kappa shape index (κ1) is 11.7. The number of benzene rings is 1. The van der Waals surface area contributed by atoms with Gasteiger partial charge in [-0.1, -0.05) is 11.6 Å². The number of hydrogen-bond acceptors (Lipinski definition) is 4. The van der Waals surface area contributed by atoms with Crippen molar-refractivity contribution >= 4 is 11.6 Å². The molecule has 0 aliphatic heterocycles. The molecule has 88 valence electrons. The zero-order chi connectivity index (χ0) is 12.3. The van der Waals surface area contributed by atoms with Crippen LogP contribution in [0.3, 0.4) is 0 Å². The third-order valence-corrected chi connectivity index (χ3v) is 2.57. The molecule has 0 aliphatic rings. The molecule has 0 spiro atoms. The third kappa shape index (κ3) is 2.31. The minimum absolute atomic E-state index is 0.0848. The lowest BCUT2D eigenvalue weighted by Gasteiger charge is -2.09. The van der Waals surface area contributed by atoms with E-state index in [9.17, 15) is 5.11 Å². The summed E-state index contributed by atoms with van der Waals surface area (Å²) in [5, 5.41) is 10.1. The second-order valence-corrected chi connectivity index (χ2v) is 3.66. The van der Waals surface area contributed by atoms with Gasteiger partial charge in [-0.25, -0.2) is 9.97 Å². The molecule has 0 radical (unpaired) electrons. The van der Waals surface area contributed by atoms with Crippen LogP contribution in [0.2, 0.25) is 5.02 Å². The number of rotatable bonds is 3. The van der Waals surface area contributed by atoms with Crippen molar-refractivity contribution in [2.24, 2.45) is 0 Å². The fourth-order valence-corrected chi connectivity index (χ4v) is 1.67. The Bertz CT molecular complexity index is 517. The lowest BCUT2D eigenvalue weighted by Crippen LogP contribution is -1.94. The molecule has 1 N–H and O–H groups in total. The third-order valence-electron chi connectivity index (χ3n) is 2.19. The average Bonchev–Trinajstić information content (AvgIpc) is 2.36. The first-order valence-corrected chi connectivity index (χ1v) is 5.53. The summed E-state index contributed by atoms with van der Waals surface area (Å²) in [6, 6.07) is 5.09. The molecular formula is C12H11ClN2O2. The van der Waals surface area contributed by atoms with Crippen LogP contribution in [0.5, 0.6) is 11.5 Å². The van der Waals surface area contributed by atoms with E-state index >= 15 is 0 Å². The molecule has 0 unspecified atom stereocenters. The summed E-state index contributed by atoms with van der Waals surface area (Å²) in [6.45, 7) is 2.30. The lowest BCUT2D eigenvalue weighted by atomic mass is 10.2. The van der Waals surface area contributed by atoms with Gasteiger partial charge in [0, 0.05) is 18.0 Å². The maximum Gasteiger partial charge on any atom is 0.177 e. The average molecular weight is 251 g/mol. The zero-order valence-corrected chi connectivity index (χ0v) is 9.98. The van der Waals surface area contributed by atoms with Gasteiger partial charge in [-0.05, 0) is 25.1 Å². The Morgan fingerprint density at radius 2 is 2.00 bits per heavy atom. The fraction of sp³-hybridized carbons (Fsp3) is 0.167. The van der Waals surface area contributed by atoms with E-state index in [2.05, 4.69) is 9.97 Å². The van der Waals surface area contributed by atoms with Crippen LogP contribution in [0.4, 0.5) is 0 Å². The van der Waals surface area contributed by atoms with E-state index in [1.54, 1.807) is 30.6 Å². The van der Waals surface area contributed by atoms with Gasteiger partial charge < -0.3 is 9.84 Å². The number of ether oxygens (including phenoxy) is 1. The molecule has 1 aromatic heterocycles. The molecule has 0 atom stereocenters. The smallest absolute Gasteiger partial charge is 0.177 e. The molecule has 2 rings (SSSR count). The zero-order valence-electron chi connectivity index (χ0n) is 9.22. The highest BCUT2D eigenvalue weighted by Crippen LogP contribution is 2.39. The summed E-state index contributed by atoms with van der Waals surface area (Å²) in [4.78, 5) is 8.16. The highest BCUT2D eigenvalue weighted by molar-refractivity contribution is 6.34. The Morgan fingerprint density at radius 1 is 1.29 bits per heavy atom. The molecule has 0 saturated carbocycles. The number of nitrogens with zero attached hydrogens (tertiary/aromatic N) is 2. The van der Waals surface area contributed by atoms with Gasteiger partial charge in [0.2, 0.25) is 0 Å². The van der Waals surface area contributed by atoms with Gasteiger partial charge >= 0.3 is 0 Å². The minimum atomic E-state index is -0.0848. The molecular weight excluding hydrogens is 240 g/mol. The molecule has 1 aromatic carbocycles. The van der Waals surface area contributed by atoms with Crippen LogP contribution < -0.4 is 4.74 Å². The molecule has 0 fully saturated rings. The maximum absolute atomic E-state index is 9.86. The number of hydrogen-bond donors (Lipinski definition) is 1. The second-order valence-electron chi connectivity index (χ2n) is 3.28. The number of aromatic nitrogens is 2. The van der Waals surface area contributed by atoms with Gasteiger partial charge in [0.25, 0.3) is 0 Å². The second kappa shape index (κ2) is 5.01. The topological polar surface area (TPSA) is 55.2 Å². The Morgan fingerprint density at radius 3 is 2.65 bits per heavy atom. The SMILES string of the molecule is CCOc1ccc(-c2ncccn2)c(Cl)c1O. The van der Waals surface area contributed by atoms with E-state index in [4.69, 9.17) is 16.3 Å². The Hall–Kier alpha value is -1.81. The van der Waals surface area contributed by atoms with Gasteiger partial charge in [0.15, 0.2) is 17.3 Å². The van der Waals surface area contributed by atoms with Gasteiger partial charge in [-0.3, -0.25) is 0 Å². The molecule has 2 aromatic rings. The summed E-state index contributed by atoms with van der Waals surface area (Å²) in [7, 11) is 0. The van der Waals surface area contributed by atoms with E-state index in [0.29, 0.717) is 23.7 Å². The van der Waals surface area contributed by atoms with Gasteiger partial charge in [0.05, 0.1) is 11.6 Å². The van der Waals surface area contributed by atoms with Crippen molar-refractivity contribution in [2.75, 3.05) is 6.61 Å². The number of phenolic OH excluding ortho intramolecular Hbond substituents is 1. The van der Waals surface area contributed by atoms with Crippen molar-refractivity contribution in [3.63, 3.8) is 0 Å². The van der Waals surface area contributed by atoms with Crippen molar-refractivity contribution < 1.29 is 9.84 Å². The standard InChI is InChI=1S/C12H11ClN2O2/c1-2-17-9-5-4-8(10(13)11(9)16)12-14-6-3-7-15-12/h3-7,16H,2H2,1H3. The predicted octanol–water partition coefficient (Wildman–Crippen LogP) is 2.90. The van der Waals surface area contributed by atoms with Crippen molar-refractivity contribution in [3.05, 3.63) is 35.6 Å². The van der Waals surface area contributed by atoms with Crippen LogP contribution in [-0.2, 0) is 0 Å². The Labute approximate surface area is 104 Å². The van der Waals surface area contributed by atoms with Gasteiger partial charge in [-0.2, -0.15) is 0 Å². The molecule has 17 heavy (non-hydrogen) atoms. The Kier molecular flexibility index (Phi) is 3.44. The first-order valence-electron chi connectivity index (χ1n) is 5.15. The molecule has 0 aliphatic carbocycles. The van der Waals surface area contributed by atoms with Crippen LogP contribution >= 0.6 is 11.6 Å². The quantitative estimate of drug-likeness (QED) is 0.910. The minimum Gasteiger partial charge on any atom is -0.503 e. The maximum atomic E-state index is 9.86. The monoisotopic (exact) mass is 250 g/mol. The lowest BCUT2D eigenvalue weighted by molar-refractivity contribution is 0.318. The molecule has 0 amide bonds. The summed E-state index contributed by atoms with van der Waals surface area (Å²) < 4.78 is 5.23. The van der Waals surface area contributed by atoms with E-state index < -0.39 is 0 Å². The molecule has 4 nitrogen and oxygen atoms in total. The van der Waals surface area contributed by atoms with E-state index in [-0.39, 0.29) is 10.8 Å².